The maximum atomic E-state index is 2.27. The Bertz CT molecular complexity index is 131. The first-order valence-corrected chi connectivity index (χ1v) is 5.51. The van der Waals surface area contributed by atoms with Crippen LogP contribution in [0.25, 0.3) is 0 Å². The highest BCUT2D eigenvalue weighted by atomic mass is 13.9. The molecule has 0 heterocycles. The third kappa shape index (κ3) is 11.5. The van der Waals surface area contributed by atoms with Crippen molar-refractivity contribution >= 4 is 0 Å². The van der Waals surface area contributed by atoms with Gasteiger partial charge in [0.2, 0.25) is 0 Å². The smallest absolute Gasteiger partial charge is 0.0348 e. The molecule has 0 spiro atoms. The summed E-state index contributed by atoms with van der Waals surface area (Å²) in [6.07, 6.45) is 18.7. The lowest BCUT2D eigenvalue weighted by Crippen LogP contribution is -1.73. The number of hydrogen-bond donors (Lipinski definition) is 0. The predicted molar refractivity (Wildman–Crippen MR) is 61.6 cm³/mol. The Morgan fingerprint density at radius 3 is 2.08 bits per heavy atom. The minimum atomic E-state index is 1.20. The third-order valence-electron chi connectivity index (χ3n) is 1.95. The van der Waals surface area contributed by atoms with Crippen LogP contribution in [0.2, 0.25) is 0 Å². The van der Waals surface area contributed by atoms with Gasteiger partial charge < -0.3 is 0 Å². The van der Waals surface area contributed by atoms with Crippen LogP contribution in [0.15, 0.2) is 24.3 Å². The average molecular weight is 179 g/mol. The number of hydrogen-bond acceptors (Lipinski definition) is 0. The van der Waals surface area contributed by atoms with E-state index < -0.39 is 0 Å². The van der Waals surface area contributed by atoms with Crippen molar-refractivity contribution in [2.45, 2.75) is 52.4 Å². The summed E-state index contributed by atoms with van der Waals surface area (Å²) in [6, 6.07) is 0. The molecule has 75 valence electrons. The summed E-state index contributed by atoms with van der Waals surface area (Å²) in [5, 5.41) is 0. The molecular formula is C13H23. The highest BCUT2D eigenvalue weighted by Gasteiger charge is 1.83. The first-order chi connectivity index (χ1) is 6.41. The molecule has 1 radical (unpaired) electrons. The predicted octanol–water partition coefficient (Wildman–Crippen LogP) is 4.68. The molecule has 0 N–H and O–H groups in total. The normalized spacial score (nSPS) is 11.8. The molecule has 0 rings (SSSR count). The molecule has 0 bridgehead atoms. The summed E-state index contributed by atoms with van der Waals surface area (Å²) < 4.78 is 0. The SMILES string of the molecule is C[CH]CCCC/C=C/C=C/CCC. The van der Waals surface area contributed by atoms with Gasteiger partial charge in [-0.25, -0.2) is 0 Å². The zero-order valence-corrected chi connectivity index (χ0v) is 9.13. The van der Waals surface area contributed by atoms with E-state index in [1.54, 1.807) is 0 Å². The van der Waals surface area contributed by atoms with Crippen molar-refractivity contribution in [3.8, 4) is 0 Å². The van der Waals surface area contributed by atoms with Gasteiger partial charge in [-0.05, 0) is 25.7 Å². The molecule has 0 atom stereocenters. The lowest BCUT2D eigenvalue weighted by Gasteiger charge is -1.92. The van der Waals surface area contributed by atoms with Crippen LogP contribution < -0.4 is 0 Å². The molecule has 0 fully saturated rings. The zero-order valence-electron chi connectivity index (χ0n) is 9.13. The summed E-state index contributed by atoms with van der Waals surface area (Å²) in [5.41, 5.74) is 0. The van der Waals surface area contributed by atoms with Crippen LogP contribution in [-0.4, -0.2) is 0 Å². The van der Waals surface area contributed by atoms with Crippen LogP contribution in [0.5, 0.6) is 0 Å². The van der Waals surface area contributed by atoms with Gasteiger partial charge in [-0.3, -0.25) is 0 Å². The quantitative estimate of drug-likeness (QED) is 0.375. The highest BCUT2D eigenvalue weighted by Crippen LogP contribution is 2.02. The van der Waals surface area contributed by atoms with Gasteiger partial charge in [-0.1, -0.05) is 57.4 Å². The molecule has 0 heteroatoms. The standard InChI is InChI=1S/C13H23/c1-3-5-7-9-11-13-12-10-8-6-4-2/h3,8,10,12-13H,4-7,9,11H2,1-2H3/b10-8+,13-12+. The van der Waals surface area contributed by atoms with Crippen molar-refractivity contribution in [2.24, 2.45) is 0 Å². The second-order valence-corrected chi connectivity index (χ2v) is 3.34. The van der Waals surface area contributed by atoms with Crippen LogP contribution in [-0.2, 0) is 0 Å². The summed E-state index contributed by atoms with van der Waals surface area (Å²) >= 11 is 0. The molecular weight excluding hydrogens is 156 g/mol. The fourth-order valence-corrected chi connectivity index (χ4v) is 1.13. The van der Waals surface area contributed by atoms with E-state index in [0.29, 0.717) is 0 Å². The van der Waals surface area contributed by atoms with Gasteiger partial charge in [0.15, 0.2) is 0 Å². The molecule has 0 aliphatic carbocycles. The summed E-state index contributed by atoms with van der Waals surface area (Å²) in [6.45, 7) is 4.33. The highest BCUT2D eigenvalue weighted by molar-refractivity contribution is 5.02. The first-order valence-electron chi connectivity index (χ1n) is 5.51. The van der Waals surface area contributed by atoms with Crippen molar-refractivity contribution in [2.75, 3.05) is 0 Å². The monoisotopic (exact) mass is 179 g/mol. The summed E-state index contributed by atoms with van der Waals surface area (Å²) in [7, 11) is 0. The molecule has 0 amide bonds. The Morgan fingerprint density at radius 2 is 1.46 bits per heavy atom. The first kappa shape index (κ1) is 12.5. The zero-order chi connectivity index (χ0) is 9.78. The molecule has 0 aliphatic heterocycles. The Kier molecular flexibility index (Phi) is 11.0. The van der Waals surface area contributed by atoms with Crippen molar-refractivity contribution in [3.05, 3.63) is 30.7 Å². The third-order valence-corrected chi connectivity index (χ3v) is 1.95. The molecule has 13 heavy (non-hydrogen) atoms. The maximum absolute atomic E-state index is 2.27. The van der Waals surface area contributed by atoms with Gasteiger partial charge in [0.05, 0.1) is 0 Å². The van der Waals surface area contributed by atoms with Crippen molar-refractivity contribution in [3.63, 3.8) is 0 Å². The minimum absolute atomic E-state index is 1.20. The number of unbranched alkanes of at least 4 members (excludes halogenated alkanes) is 5. The van der Waals surface area contributed by atoms with Crippen molar-refractivity contribution < 1.29 is 0 Å². The molecule has 0 aromatic carbocycles. The molecule has 0 nitrogen and oxygen atoms in total. The van der Waals surface area contributed by atoms with Crippen LogP contribution in [0.3, 0.4) is 0 Å². The minimum Gasteiger partial charge on any atom is -0.0846 e. The molecule has 0 unspecified atom stereocenters. The molecule has 0 saturated heterocycles. The maximum Gasteiger partial charge on any atom is -0.0348 e. The van der Waals surface area contributed by atoms with Gasteiger partial charge in [0.25, 0.3) is 0 Å². The van der Waals surface area contributed by atoms with E-state index in [4.69, 9.17) is 0 Å². The van der Waals surface area contributed by atoms with E-state index in [9.17, 15) is 0 Å². The van der Waals surface area contributed by atoms with Crippen LogP contribution in [0, 0.1) is 6.42 Å². The second kappa shape index (κ2) is 11.5. The fourth-order valence-electron chi connectivity index (χ4n) is 1.13. The largest absolute Gasteiger partial charge is 0.0846 e. The Morgan fingerprint density at radius 1 is 0.846 bits per heavy atom. The molecule has 0 aromatic heterocycles. The Balaban J connectivity index is 3.12. The van der Waals surface area contributed by atoms with E-state index >= 15 is 0 Å². The van der Waals surface area contributed by atoms with E-state index in [1.165, 1.54) is 38.5 Å². The second-order valence-electron chi connectivity index (χ2n) is 3.34. The molecule has 0 aromatic rings. The molecule has 0 saturated carbocycles. The van der Waals surface area contributed by atoms with Gasteiger partial charge >= 0.3 is 0 Å². The number of rotatable bonds is 8. The van der Waals surface area contributed by atoms with E-state index in [2.05, 4.69) is 44.6 Å². The summed E-state index contributed by atoms with van der Waals surface area (Å²) in [4.78, 5) is 0. The van der Waals surface area contributed by atoms with Crippen LogP contribution in [0.4, 0.5) is 0 Å². The van der Waals surface area contributed by atoms with Gasteiger partial charge in [0, 0.05) is 0 Å². The fraction of sp³-hybridized carbons (Fsp3) is 0.615. The van der Waals surface area contributed by atoms with Crippen LogP contribution >= 0.6 is 0 Å². The van der Waals surface area contributed by atoms with Crippen LogP contribution in [0.1, 0.15) is 52.4 Å². The topological polar surface area (TPSA) is 0 Å². The van der Waals surface area contributed by atoms with Crippen molar-refractivity contribution in [1.29, 1.82) is 0 Å². The lowest BCUT2D eigenvalue weighted by molar-refractivity contribution is 0.739. The van der Waals surface area contributed by atoms with E-state index in [1.807, 2.05) is 0 Å². The summed E-state index contributed by atoms with van der Waals surface area (Å²) in [5.74, 6) is 0. The van der Waals surface area contributed by atoms with Gasteiger partial charge in [0.1, 0.15) is 0 Å². The average Bonchev–Trinajstić information content (AvgIpc) is 2.16. The van der Waals surface area contributed by atoms with Gasteiger partial charge in [-0.2, -0.15) is 0 Å². The lowest BCUT2D eigenvalue weighted by atomic mass is 10.1. The van der Waals surface area contributed by atoms with E-state index in [-0.39, 0.29) is 0 Å². The Hall–Kier alpha value is -0.520. The molecule has 0 aliphatic rings. The van der Waals surface area contributed by atoms with E-state index in [0.717, 1.165) is 0 Å². The van der Waals surface area contributed by atoms with Crippen molar-refractivity contribution in [1.82, 2.24) is 0 Å². The number of allylic oxidation sites excluding steroid dienone is 4. The Labute approximate surface area is 83.7 Å². The van der Waals surface area contributed by atoms with Gasteiger partial charge in [-0.15, -0.1) is 0 Å².